The molecule has 6 heteroatoms. The Morgan fingerprint density at radius 3 is 2.21 bits per heavy atom. The monoisotopic (exact) mass is 334 g/mol. The first-order valence-corrected chi connectivity index (χ1v) is 8.22. The maximum atomic E-state index is 12.3. The Morgan fingerprint density at radius 2 is 1.71 bits per heavy atom. The minimum absolute atomic E-state index is 0.00182. The van der Waals surface area contributed by atoms with Crippen LogP contribution in [0.5, 0.6) is 5.75 Å². The largest absolute Gasteiger partial charge is 0.497 e. The number of amides is 1. The van der Waals surface area contributed by atoms with E-state index in [1.54, 1.807) is 12.2 Å². The van der Waals surface area contributed by atoms with Gasteiger partial charge in [0.2, 0.25) is 5.91 Å². The molecule has 1 aliphatic heterocycles. The zero-order valence-electron chi connectivity index (χ0n) is 14.8. The molecule has 0 atom stereocenters. The van der Waals surface area contributed by atoms with Crippen LogP contribution < -0.4 is 10.1 Å². The number of benzene rings is 1. The summed E-state index contributed by atoms with van der Waals surface area (Å²) in [5, 5.41) is 4.58. The number of ether oxygens (including phenoxy) is 1. The third kappa shape index (κ3) is 4.96. The fourth-order valence-corrected chi connectivity index (χ4v) is 2.38. The number of rotatable bonds is 4. The standard InChI is InChI=1S/C18H26N2O4/c1-18(2,3)17(22)24-20-11-9-13(10-12-20)16(21)19-14-5-7-15(23-4)8-6-14/h5-8,13H,9-12H2,1-4H3,(H,19,21). The van der Waals surface area contributed by atoms with Crippen LogP contribution >= 0.6 is 0 Å². The van der Waals surface area contributed by atoms with Gasteiger partial charge in [0.1, 0.15) is 5.75 Å². The number of methoxy groups -OCH3 is 1. The summed E-state index contributed by atoms with van der Waals surface area (Å²) >= 11 is 0. The SMILES string of the molecule is COc1ccc(NC(=O)C2CCN(OC(=O)C(C)(C)C)CC2)cc1. The van der Waals surface area contributed by atoms with E-state index in [9.17, 15) is 9.59 Å². The van der Waals surface area contributed by atoms with E-state index in [-0.39, 0.29) is 17.8 Å². The number of nitrogens with one attached hydrogen (secondary N) is 1. The fraction of sp³-hybridized carbons (Fsp3) is 0.556. The third-order valence-electron chi connectivity index (χ3n) is 4.01. The van der Waals surface area contributed by atoms with Crippen LogP contribution in [0, 0.1) is 11.3 Å². The molecule has 0 saturated carbocycles. The lowest BCUT2D eigenvalue weighted by Gasteiger charge is -2.31. The number of nitrogens with zero attached hydrogens (tertiary/aromatic N) is 1. The summed E-state index contributed by atoms with van der Waals surface area (Å²) in [6, 6.07) is 7.25. The van der Waals surface area contributed by atoms with Gasteiger partial charge in [-0.2, -0.15) is 0 Å². The summed E-state index contributed by atoms with van der Waals surface area (Å²) in [6.45, 7) is 6.62. The van der Waals surface area contributed by atoms with Gasteiger partial charge in [-0.1, -0.05) is 0 Å². The normalized spacial score (nSPS) is 16.5. The Bertz CT molecular complexity index is 570. The lowest BCUT2D eigenvalue weighted by atomic mass is 9.96. The molecule has 1 heterocycles. The second-order valence-corrected chi connectivity index (χ2v) is 7.05. The van der Waals surface area contributed by atoms with Crippen LogP contribution in [-0.4, -0.2) is 37.1 Å². The Labute approximate surface area is 143 Å². The van der Waals surface area contributed by atoms with Crippen molar-refractivity contribution in [3.05, 3.63) is 24.3 Å². The summed E-state index contributed by atoms with van der Waals surface area (Å²) in [5.41, 5.74) is 0.227. The smallest absolute Gasteiger partial charge is 0.330 e. The lowest BCUT2D eigenvalue weighted by molar-refractivity contribution is -0.205. The van der Waals surface area contributed by atoms with E-state index in [0.717, 1.165) is 11.4 Å². The zero-order chi connectivity index (χ0) is 17.7. The fourth-order valence-electron chi connectivity index (χ4n) is 2.38. The van der Waals surface area contributed by atoms with Crippen LogP contribution in [0.1, 0.15) is 33.6 Å². The van der Waals surface area contributed by atoms with Gasteiger partial charge >= 0.3 is 5.97 Å². The van der Waals surface area contributed by atoms with Crippen LogP contribution in [0.3, 0.4) is 0 Å². The van der Waals surface area contributed by atoms with Gasteiger partial charge < -0.3 is 14.9 Å². The second-order valence-electron chi connectivity index (χ2n) is 7.05. The van der Waals surface area contributed by atoms with Crippen LogP contribution in [0.2, 0.25) is 0 Å². The summed E-state index contributed by atoms with van der Waals surface area (Å²) in [7, 11) is 1.61. The van der Waals surface area contributed by atoms with Gasteiger partial charge in [-0.15, -0.1) is 5.06 Å². The van der Waals surface area contributed by atoms with Crippen molar-refractivity contribution in [1.82, 2.24) is 5.06 Å². The van der Waals surface area contributed by atoms with Gasteiger partial charge in [-0.3, -0.25) is 4.79 Å². The van der Waals surface area contributed by atoms with E-state index in [0.29, 0.717) is 25.9 Å². The van der Waals surface area contributed by atoms with Crippen LogP contribution in [0.4, 0.5) is 5.69 Å². The average molecular weight is 334 g/mol. The van der Waals surface area contributed by atoms with E-state index in [1.165, 1.54) is 0 Å². The third-order valence-corrected chi connectivity index (χ3v) is 4.01. The number of hydrogen-bond donors (Lipinski definition) is 1. The van der Waals surface area contributed by atoms with Crippen molar-refractivity contribution in [2.45, 2.75) is 33.6 Å². The highest BCUT2D eigenvalue weighted by molar-refractivity contribution is 5.92. The molecule has 1 aromatic carbocycles. The quantitative estimate of drug-likeness (QED) is 0.917. The van der Waals surface area contributed by atoms with Gasteiger partial charge in [0.25, 0.3) is 0 Å². The molecule has 132 valence electrons. The lowest BCUT2D eigenvalue weighted by Crippen LogP contribution is -2.41. The minimum Gasteiger partial charge on any atom is -0.497 e. The summed E-state index contributed by atoms with van der Waals surface area (Å²) < 4.78 is 5.10. The number of hydroxylamine groups is 2. The Morgan fingerprint density at radius 1 is 1.12 bits per heavy atom. The highest BCUT2D eigenvalue weighted by Crippen LogP contribution is 2.23. The van der Waals surface area contributed by atoms with E-state index < -0.39 is 5.41 Å². The van der Waals surface area contributed by atoms with Crippen molar-refractivity contribution in [3.63, 3.8) is 0 Å². The molecule has 1 aliphatic rings. The first-order chi connectivity index (χ1) is 11.3. The molecule has 0 bridgehead atoms. The number of carbonyl (C=O) groups is 2. The Hall–Kier alpha value is -2.08. The van der Waals surface area contributed by atoms with E-state index in [4.69, 9.17) is 9.57 Å². The molecule has 0 radical (unpaired) electrons. The second kappa shape index (κ2) is 7.66. The predicted molar refractivity (Wildman–Crippen MR) is 91.5 cm³/mol. The van der Waals surface area contributed by atoms with Gasteiger partial charge in [0.05, 0.1) is 12.5 Å². The van der Waals surface area contributed by atoms with E-state index in [2.05, 4.69) is 5.32 Å². The molecule has 0 spiro atoms. The molecule has 1 N–H and O–H groups in total. The highest BCUT2D eigenvalue weighted by atomic mass is 16.7. The number of carbonyl (C=O) groups excluding carboxylic acids is 2. The summed E-state index contributed by atoms with van der Waals surface area (Å²) in [6.07, 6.45) is 1.33. The first-order valence-electron chi connectivity index (χ1n) is 8.22. The molecule has 1 saturated heterocycles. The Balaban J connectivity index is 1.81. The first kappa shape index (κ1) is 18.3. The van der Waals surface area contributed by atoms with Gasteiger partial charge in [0.15, 0.2) is 0 Å². The van der Waals surface area contributed by atoms with Crippen molar-refractivity contribution in [3.8, 4) is 5.75 Å². The van der Waals surface area contributed by atoms with E-state index >= 15 is 0 Å². The number of hydrogen-bond acceptors (Lipinski definition) is 5. The molecular weight excluding hydrogens is 308 g/mol. The van der Waals surface area contributed by atoms with Crippen LogP contribution in [0.15, 0.2) is 24.3 Å². The molecule has 2 rings (SSSR count). The highest BCUT2D eigenvalue weighted by Gasteiger charge is 2.30. The van der Waals surface area contributed by atoms with Crippen molar-refractivity contribution in [2.75, 3.05) is 25.5 Å². The Kier molecular flexibility index (Phi) is 5.83. The summed E-state index contributed by atoms with van der Waals surface area (Å²) in [5.74, 6) is 0.435. The molecular formula is C18H26N2O4. The zero-order valence-corrected chi connectivity index (χ0v) is 14.8. The molecule has 0 aromatic heterocycles. The van der Waals surface area contributed by atoms with Crippen LogP contribution in [-0.2, 0) is 14.4 Å². The molecule has 1 aromatic rings. The van der Waals surface area contributed by atoms with Gasteiger partial charge in [-0.25, -0.2) is 4.79 Å². The molecule has 6 nitrogen and oxygen atoms in total. The number of piperidine rings is 1. The van der Waals surface area contributed by atoms with Crippen molar-refractivity contribution >= 4 is 17.6 Å². The molecule has 1 fully saturated rings. The van der Waals surface area contributed by atoms with Crippen molar-refractivity contribution < 1.29 is 19.2 Å². The average Bonchev–Trinajstić information content (AvgIpc) is 2.55. The molecule has 0 aliphatic carbocycles. The van der Waals surface area contributed by atoms with Crippen molar-refractivity contribution in [1.29, 1.82) is 0 Å². The number of anilines is 1. The van der Waals surface area contributed by atoms with Gasteiger partial charge in [0, 0.05) is 24.7 Å². The predicted octanol–water partition coefficient (Wildman–Crippen LogP) is 2.85. The van der Waals surface area contributed by atoms with Crippen molar-refractivity contribution in [2.24, 2.45) is 11.3 Å². The summed E-state index contributed by atoms with van der Waals surface area (Å²) in [4.78, 5) is 29.6. The van der Waals surface area contributed by atoms with Gasteiger partial charge in [-0.05, 0) is 57.9 Å². The molecule has 24 heavy (non-hydrogen) atoms. The molecule has 0 unspecified atom stereocenters. The maximum absolute atomic E-state index is 12.3. The maximum Gasteiger partial charge on any atom is 0.330 e. The molecule has 1 amide bonds. The topological polar surface area (TPSA) is 67.9 Å². The van der Waals surface area contributed by atoms with E-state index in [1.807, 2.05) is 45.0 Å². The minimum atomic E-state index is -0.525. The van der Waals surface area contributed by atoms with Crippen LogP contribution in [0.25, 0.3) is 0 Å².